The molecule has 5 nitrogen and oxygen atoms in total. The third kappa shape index (κ3) is 4.69. The minimum atomic E-state index is -2.57. The summed E-state index contributed by atoms with van der Waals surface area (Å²) in [6, 6.07) is 8.16. The van der Waals surface area contributed by atoms with E-state index in [2.05, 4.69) is 9.97 Å². The number of alkyl halides is 2. The highest BCUT2D eigenvalue weighted by Crippen LogP contribution is 2.30. The van der Waals surface area contributed by atoms with Crippen LogP contribution in [0.2, 0.25) is 0 Å². The van der Waals surface area contributed by atoms with Crippen molar-refractivity contribution in [2.24, 2.45) is 0 Å². The average molecular weight is 379 g/mol. The number of piperidine rings is 1. The quantitative estimate of drug-likeness (QED) is 0.740. The molecule has 2 aromatic rings. The lowest BCUT2D eigenvalue weighted by atomic mass is 10.1. The van der Waals surface area contributed by atoms with Crippen LogP contribution in [0.4, 0.5) is 8.78 Å². The Labute approximate surface area is 154 Å². The van der Waals surface area contributed by atoms with E-state index in [0.29, 0.717) is 47.0 Å². The molecule has 0 N–H and O–H groups in total. The number of halogens is 2. The van der Waals surface area contributed by atoms with Crippen molar-refractivity contribution in [3.63, 3.8) is 0 Å². The van der Waals surface area contributed by atoms with Gasteiger partial charge in [0.25, 0.3) is 11.7 Å². The standard InChI is InChI=1S/C18H19F2N3O2S/c1-12-21-9-8-16(22-12)25-13-5-4-10-23(11-13)17(24)14-6-2-3-7-15(14)26-18(19)20/h2-3,6-9,13,18H,4-5,10-11H2,1H3. The lowest BCUT2D eigenvalue weighted by Gasteiger charge is -2.33. The first kappa shape index (κ1) is 18.6. The molecule has 1 saturated heterocycles. The highest BCUT2D eigenvalue weighted by atomic mass is 32.2. The smallest absolute Gasteiger partial charge is 0.288 e. The molecule has 0 aliphatic carbocycles. The molecule has 26 heavy (non-hydrogen) atoms. The van der Waals surface area contributed by atoms with E-state index >= 15 is 0 Å². The highest BCUT2D eigenvalue weighted by Gasteiger charge is 2.27. The number of thioether (sulfide) groups is 1. The number of carbonyl (C=O) groups excluding carboxylic acids is 1. The number of aromatic nitrogens is 2. The predicted molar refractivity (Wildman–Crippen MR) is 94.6 cm³/mol. The molecule has 1 aromatic carbocycles. The van der Waals surface area contributed by atoms with E-state index in [-0.39, 0.29) is 12.0 Å². The Morgan fingerprint density at radius 1 is 1.35 bits per heavy atom. The van der Waals surface area contributed by atoms with Crippen LogP contribution in [0.1, 0.15) is 29.0 Å². The summed E-state index contributed by atoms with van der Waals surface area (Å²) >= 11 is 0.393. The molecule has 1 fully saturated rings. The Morgan fingerprint density at radius 3 is 2.92 bits per heavy atom. The van der Waals surface area contributed by atoms with E-state index in [1.165, 1.54) is 0 Å². The fraction of sp³-hybridized carbons (Fsp3) is 0.389. The fourth-order valence-electron chi connectivity index (χ4n) is 2.90. The minimum Gasteiger partial charge on any atom is -0.472 e. The number of carbonyl (C=O) groups is 1. The van der Waals surface area contributed by atoms with Crippen molar-refractivity contribution in [1.29, 1.82) is 0 Å². The van der Waals surface area contributed by atoms with Gasteiger partial charge in [0, 0.05) is 23.7 Å². The Morgan fingerprint density at radius 2 is 2.15 bits per heavy atom. The topological polar surface area (TPSA) is 55.3 Å². The molecule has 8 heteroatoms. The largest absolute Gasteiger partial charge is 0.472 e. The molecule has 0 bridgehead atoms. The molecule has 1 unspecified atom stereocenters. The molecular weight excluding hydrogens is 360 g/mol. The van der Waals surface area contributed by atoms with Crippen LogP contribution in [0.5, 0.6) is 5.88 Å². The molecule has 1 aliphatic rings. The van der Waals surface area contributed by atoms with E-state index < -0.39 is 5.76 Å². The van der Waals surface area contributed by atoms with Crippen LogP contribution in [-0.2, 0) is 0 Å². The summed E-state index contributed by atoms with van der Waals surface area (Å²) in [4.78, 5) is 23.0. The predicted octanol–water partition coefficient (Wildman–Crippen LogP) is 3.78. The maximum absolute atomic E-state index is 12.8. The summed E-state index contributed by atoms with van der Waals surface area (Å²) in [5, 5.41) is 0. The highest BCUT2D eigenvalue weighted by molar-refractivity contribution is 7.99. The molecule has 1 aliphatic heterocycles. The molecule has 138 valence electrons. The Bertz CT molecular complexity index is 776. The lowest BCUT2D eigenvalue weighted by Crippen LogP contribution is -2.44. The van der Waals surface area contributed by atoms with Crippen LogP contribution < -0.4 is 4.74 Å². The van der Waals surface area contributed by atoms with Crippen molar-refractivity contribution in [3.8, 4) is 5.88 Å². The van der Waals surface area contributed by atoms with E-state index in [1.807, 2.05) is 0 Å². The van der Waals surface area contributed by atoms with Crippen LogP contribution in [0.25, 0.3) is 0 Å². The van der Waals surface area contributed by atoms with Gasteiger partial charge < -0.3 is 9.64 Å². The molecular formula is C18H19F2N3O2S. The summed E-state index contributed by atoms with van der Waals surface area (Å²) < 4.78 is 31.4. The van der Waals surface area contributed by atoms with Gasteiger partial charge in [-0.15, -0.1) is 0 Å². The third-order valence-electron chi connectivity index (χ3n) is 4.04. The van der Waals surface area contributed by atoms with Crippen LogP contribution in [-0.4, -0.2) is 45.7 Å². The normalized spacial score (nSPS) is 17.4. The summed E-state index contributed by atoms with van der Waals surface area (Å²) in [7, 11) is 0. The summed E-state index contributed by atoms with van der Waals surface area (Å²) in [6.07, 6.45) is 3.03. The molecule has 0 spiro atoms. The van der Waals surface area contributed by atoms with Crippen molar-refractivity contribution in [1.82, 2.24) is 14.9 Å². The van der Waals surface area contributed by atoms with Crippen LogP contribution >= 0.6 is 11.8 Å². The van der Waals surface area contributed by atoms with Gasteiger partial charge in [0.1, 0.15) is 11.9 Å². The molecule has 0 saturated carbocycles. The van der Waals surface area contributed by atoms with Crippen LogP contribution in [0, 0.1) is 6.92 Å². The number of amides is 1. The second kappa shape index (κ2) is 8.44. The SMILES string of the molecule is Cc1nccc(OC2CCCN(C(=O)c3ccccc3SC(F)F)C2)n1. The number of likely N-dealkylation sites (tertiary alicyclic amines) is 1. The second-order valence-electron chi connectivity index (χ2n) is 5.95. The third-order valence-corrected chi connectivity index (χ3v) is 4.82. The van der Waals surface area contributed by atoms with Crippen LogP contribution in [0.15, 0.2) is 41.4 Å². The summed E-state index contributed by atoms with van der Waals surface area (Å²) in [6.45, 7) is 2.76. The van der Waals surface area contributed by atoms with Crippen LogP contribution in [0.3, 0.4) is 0 Å². The lowest BCUT2D eigenvalue weighted by molar-refractivity contribution is 0.0524. The van der Waals surface area contributed by atoms with E-state index in [0.717, 1.165) is 12.8 Å². The number of hydrogen-bond acceptors (Lipinski definition) is 5. The molecule has 2 heterocycles. The van der Waals surface area contributed by atoms with Gasteiger partial charge in [-0.2, -0.15) is 13.8 Å². The molecule has 0 radical (unpaired) electrons. The van der Waals surface area contributed by atoms with E-state index in [9.17, 15) is 13.6 Å². The van der Waals surface area contributed by atoms with Gasteiger partial charge in [-0.25, -0.2) is 4.98 Å². The number of rotatable bonds is 5. The van der Waals surface area contributed by atoms with Crippen molar-refractivity contribution in [2.75, 3.05) is 13.1 Å². The fourth-order valence-corrected chi connectivity index (χ4v) is 3.53. The van der Waals surface area contributed by atoms with Crippen molar-refractivity contribution >= 4 is 17.7 Å². The van der Waals surface area contributed by atoms with Gasteiger partial charge in [0.2, 0.25) is 5.88 Å². The van der Waals surface area contributed by atoms with Gasteiger partial charge in [-0.1, -0.05) is 23.9 Å². The zero-order chi connectivity index (χ0) is 18.5. The average Bonchev–Trinajstić information content (AvgIpc) is 2.61. The van der Waals surface area contributed by atoms with Gasteiger partial charge >= 0.3 is 0 Å². The number of nitrogens with zero attached hydrogens (tertiary/aromatic N) is 3. The first-order chi connectivity index (χ1) is 12.5. The minimum absolute atomic E-state index is 0.183. The van der Waals surface area contributed by atoms with Gasteiger partial charge in [0.05, 0.1) is 12.1 Å². The number of hydrogen-bond donors (Lipinski definition) is 0. The maximum Gasteiger partial charge on any atom is 0.288 e. The molecule has 1 amide bonds. The van der Waals surface area contributed by atoms with Crippen molar-refractivity contribution in [2.45, 2.75) is 36.5 Å². The summed E-state index contributed by atoms with van der Waals surface area (Å²) in [5.74, 6) is -1.72. The van der Waals surface area contributed by atoms with Crippen molar-refractivity contribution < 1.29 is 18.3 Å². The zero-order valence-corrected chi connectivity index (χ0v) is 15.1. The molecule has 1 atom stereocenters. The van der Waals surface area contributed by atoms with E-state index in [1.54, 1.807) is 48.4 Å². The zero-order valence-electron chi connectivity index (χ0n) is 14.3. The number of ether oxygens (including phenoxy) is 1. The number of benzene rings is 1. The maximum atomic E-state index is 12.8. The summed E-state index contributed by atoms with van der Waals surface area (Å²) in [5.41, 5.74) is 0.302. The van der Waals surface area contributed by atoms with Gasteiger partial charge in [-0.05, 0) is 31.9 Å². The Hall–Kier alpha value is -2.22. The monoisotopic (exact) mass is 379 g/mol. The van der Waals surface area contributed by atoms with Gasteiger partial charge in [-0.3, -0.25) is 4.79 Å². The van der Waals surface area contributed by atoms with E-state index in [4.69, 9.17) is 4.74 Å². The second-order valence-corrected chi connectivity index (χ2v) is 6.98. The Kier molecular flexibility index (Phi) is 6.03. The number of aryl methyl sites for hydroxylation is 1. The molecule has 1 aromatic heterocycles. The van der Waals surface area contributed by atoms with Crippen molar-refractivity contribution in [3.05, 3.63) is 47.9 Å². The molecule has 3 rings (SSSR count). The Balaban J connectivity index is 1.70. The first-order valence-electron chi connectivity index (χ1n) is 8.32. The first-order valence-corrected chi connectivity index (χ1v) is 9.20. The van der Waals surface area contributed by atoms with Gasteiger partial charge in [0.15, 0.2) is 0 Å².